The molecule has 21 heavy (non-hydrogen) atoms. The highest BCUT2D eigenvalue weighted by Gasteiger charge is 2.11. The van der Waals surface area contributed by atoms with Crippen LogP contribution in [-0.2, 0) is 13.0 Å². The van der Waals surface area contributed by atoms with E-state index in [1.807, 2.05) is 0 Å². The van der Waals surface area contributed by atoms with Gasteiger partial charge >= 0.3 is 5.69 Å². The van der Waals surface area contributed by atoms with Gasteiger partial charge in [0, 0.05) is 26.4 Å². The molecule has 0 saturated heterocycles. The number of aliphatic hydroxyl groups excluding tert-OH is 1. The molecular weight excluding hydrogens is 280 g/mol. The predicted octanol–water partition coefficient (Wildman–Crippen LogP) is -0.324. The lowest BCUT2D eigenvalue weighted by molar-refractivity contribution is -0.385. The molecule has 0 aliphatic carbocycles. The number of rotatable bonds is 8. The van der Waals surface area contributed by atoms with Gasteiger partial charge < -0.3 is 14.9 Å². The molecule has 1 unspecified atom stereocenters. The Hall–Kier alpha value is -2.33. The Morgan fingerprint density at radius 1 is 1.62 bits per heavy atom. The number of aromatic nitrogens is 4. The monoisotopic (exact) mass is 296 g/mol. The van der Waals surface area contributed by atoms with Crippen LogP contribution in [0.2, 0.25) is 0 Å². The normalized spacial score (nSPS) is 12.5. The lowest BCUT2D eigenvalue weighted by Crippen LogP contribution is -2.31. The van der Waals surface area contributed by atoms with Gasteiger partial charge in [-0.1, -0.05) is 5.16 Å². The second-order valence-electron chi connectivity index (χ2n) is 4.52. The Labute approximate surface area is 119 Å². The minimum absolute atomic E-state index is 0.0948. The Morgan fingerprint density at radius 2 is 2.43 bits per heavy atom. The molecule has 2 heterocycles. The molecule has 0 aromatic carbocycles. The van der Waals surface area contributed by atoms with Crippen LogP contribution >= 0.6 is 0 Å². The zero-order valence-corrected chi connectivity index (χ0v) is 11.5. The van der Waals surface area contributed by atoms with Crippen LogP contribution in [0.1, 0.15) is 11.7 Å². The summed E-state index contributed by atoms with van der Waals surface area (Å²) in [7, 11) is 0. The van der Waals surface area contributed by atoms with Crippen molar-refractivity contribution in [2.24, 2.45) is 0 Å². The van der Waals surface area contributed by atoms with Gasteiger partial charge in [-0.3, -0.25) is 14.8 Å². The summed E-state index contributed by atoms with van der Waals surface area (Å²) in [6.45, 7) is 2.83. The van der Waals surface area contributed by atoms with E-state index in [9.17, 15) is 15.2 Å². The molecule has 2 rings (SSSR count). The van der Waals surface area contributed by atoms with Crippen molar-refractivity contribution in [3.8, 4) is 0 Å². The average molecular weight is 296 g/mol. The molecule has 10 heteroatoms. The zero-order chi connectivity index (χ0) is 15.2. The summed E-state index contributed by atoms with van der Waals surface area (Å²) in [5.74, 6) is 1.13. The summed E-state index contributed by atoms with van der Waals surface area (Å²) in [5, 5.41) is 30.9. The van der Waals surface area contributed by atoms with E-state index in [1.165, 1.54) is 10.9 Å². The predicted molar refractivity (Wildman–Crippen MR) is 70.5 cm³/mol. The second kappa shape index (κ2) is 6.90. The van der Waals surface area contributed by atoms with Crippen molar-refractivity contribution in [1.82, 2.24) is 25.2 Å². The fourth-order valence-electron chi connectivity index (χ4n) is 1.74. The van der Waals surface area contributed by atoms with Gasteiger partial charge in [0.1, 0.15) is 12.4 Å². The number of nitrogens with zero attached hydrogens (tertiary/aromatic N) is 5. The first kappa shape index (κ1) is 15.1. The lowest BCUT2D eigenvalue weighted by atomic mass is 10.3. The molecule has 2 N–H and O–H groups in total. The standard InChI is InChI=1S/C11H16N6O4/c1-8-14-11(15-21-8)2-3-12-5-10(18)7-16-6-9(4-13-16)17(19)20/h4,6,10,12,18H,2-3,5,7H2,1H3. The summed E-state index contributed by atoms with van der Waals surface area (Å²) < 4.78 is 6.18. The number of hydrogen-bond donors (Lipinski definition) is 2. The van der Waals surface area contributed by atoms with Crippen molar-refractivity contribution >= 4 is 5.69 Å². The summed E-state index contributed by atoms with van der Waals surface area (Å²) >= 11 is 0. The molecule has 0 spiro atoms. The van der Waals surface area contributed by atoms with E-state index in [0.717, 1.165) is 6.20 Å². The average Bonchev–Trinajstić information content (AvgIpc) is 3.04. The largest absolute Gasteiger partial charge is 0.390 e. The maximum absolute atomic E-state index is 10.5. The molecule has 0 bridgehead atoms. The van der Waals surface area contributed by atoms with E-state index in [1.54, 1.807) is 6.92 Å². The van der Waals surface area contributed by atoms with E-state index >= 15 is 0 Å². The second-order valence-corrected chi connectivity index (χ2v) is 4.52. The number of nitrogens with one attached hydrogen (secondary N) is 1. The molecular formula is C11H16N6O4. The van der Waals surface area contributed by atoms with Crippen molar-refractivity contribution in [3.05, 3.63) is 34.2 Å². The van der Waals surface area contributed by atoms with E-state index in [-0.39, 0.29) is 12.2 Å². The maximum Gasteiger partial charge on any atom is 0.306 e. The van der Waals surface area contributed by atoms with Crippen molar-refractivity contribution in [2.75, 3.05) is 13.1 Å². The first-order valence-corrected chi connectivity index (χ1v) is 6.39. The Kier molecular flexibility index (Phi) is 4.95. The van der Waals surface area contributed by atoms with Crippen LogP contribution in [0.15, 0.2) is 16.9 Å². The van der Waals surface area contributed by atoms with E-state index < -0.39 is 11.0 Å². The smallest absolute Gasteiger partial charge is 0.306 e. The topological polar surface area (TPSA) is 132 Å². The van der Waals surface area contributed by atoms with Crippen LogP contribution in [0.4, 0.5) is 5.69 Å². The molecule has 2 aromatic rings. The van der Waals surface area contributed by atoms with Crippen LogP contribution in [0.5, 0.6) is 0 Å². The van der Waals surface area contributed by atoms with E-state index in [4.69, 9.17) is 4.52 Å². The first-order valence-electron chi connectivity index (χ1n) is 6.39. The zero-order valence-electron chi connectivity index (χ0n) is 11.5. The molecule has 114 valence electrons. The molecule has 10 nitrogen and oxygen atoms in total. The highest BCUT2D eigenvalue weighted by molar-refractivity contribution is 5.20. The third-order valence-electron chi connectivity index (χ3n) is 2.70. The molecule has 0 fully saturated rings. The molecule has 1 atom stereocenters. The number of aryl methyl sites for hydroxylation is 1. The molecule has 0 aliphatic heterocycles. The van der Waals surface area contributed by atoms with Gasteiger partial charge in [0.05, 0.1) is 17.6 Å². The summed E-state index contributed by atoms with van der Waals surface area (Å²) in [6, 6.07) is 0. The highest BCUT2D eigenvalue weighted by atomic mass is 16.6. The van der Waals surface area contributed by atoms with Gasteiger partial charge in [0.2, 0.25) is 5.89 Å². The van der Waals surface area contributed by atoms with Gasteiger partial charge in [-0.2, -0.15) is 10.1 Å². The number of hydrogen-bond acceptors (Lipinski definition) is 8. The van der Waals surface area contributed by atoms with Crippen LogP contribution in [0.25, 0.3) is 0 Å². The molecule has 0 radical (unpaired) electrons. The SMILES string of the molecule is Cc1nc(CCNCC(O)Cn2cc([N+](=O)[O-])cn2)no1. The maximum atomic E-state index is 10.5. The third-order valence-corrected chi connectivity index (χ3v) is 2.70. The Bertz CT molecular complexity index is 595. The van der Waals surface area contributed by atoms with Gasteiger partial charge in [-0.25, -0.2) is 0 Å². The van der Waals surface area contributed by atoms with Crippen LogP contribution in [0.3, 0.4) is 0 Å². The molecule has 0 amide bonds. The minimum atomic E-state index is -0.698. The summed E-state index contributed by atoms with van der Waals surface area (Å²) in [6.07, 6.45) is 2.33. The van der Waals surface area contributed by atoms with Gasteiger partial charge in [0.25, 0.3) is 0 Å². The quantitative estimate of drug-likeness (QED) is 0.384. The van der Waals surface area contributed by atoms with Crippen molar-refractivity contribution in [1.29, 1.82) is 0 Å². The van der Waals surface area contributed by atoms with E-state index in [0.29, 0.717) is 31.2 Å². The Morgan fingerprint density at radius 3 is 3.05 bits per heavy atom. The summed E-state index contributed by atoms with van der Waals surface area (Å²) in [4.78, 5) is 14.0. The van der Waals surface area contributed by atoms with Crippen LogP contribution in [-0.4, -0.2) is 49.1 Å². The lowest BCUT2D eigenvalue weighted by Gasteiger charge is -2.10. The summed E-state index contributed by atoms with van der Waals surface area (Å²) in [5.41, 5.74) is -0.0948. The molecule has 0 saturated carbocycles. The molecule has 2 aromatic heterocycles. The third kappa shape index (κ3) is 4.61. The fourth-order valence-corrected chi connectivity index (χ4v) is 1.74. The number of aliphatic hydroxyl groups is 1. The van der Waals surface area contributed by atoms with Crippen molar-refractivity contribution < 1.29 is 14.6 Å². The molecule has 0 aliphatic rings. The van der Waals surface area contributed by atoms with Gasteiger partial charge in [-0.05, 0) is 0 Å². The van der Waals surface area contributed by atoms with Crippen LogP contribution < -0.4 is 5.32 Å². The minimum Gasteiger partial charge on any atom is -0.390 e. The fraction of sp³-hybridized carbons (Fsp3) is 0.545. The van der Waals surface area contributed by atoms with E-state index in [2.05, 4.69) is 20.6 Å². The van der Waals surface area contributed by atoms with Gasteiger partial charge in [-0.15, -0.1) is 0 Å². The van der Waals surface area contributed by atoms with Crippen LogP contribution in [0, 0.1) is 17.0 Å². The van der Waals surface area contributed by atoms with Crippen molar-refractivity contribution in [3.63, 3.8) is 0 Å². The Balaban J connectivity index is 1.67. The highest BCUT2D eigenvalue weighted by Crippen LogP contribution is 2.07. The van der Waals surface area contributed by atoms with Crippen molar-refractivity contribution in [2.45, 2.75) is 26.0 Å². The first-order chi connectivity index (χ1) is 10.0. The van der Waals surface area contributed by atoms with Gasteiger partial charge in [0.15, 0.2) is 5.82 Å². The number of nitro groups is 1.